The van der Waals surface area contributed by atoms with E-state index in [-0.39, 0.29) is 11.9 Å². The predicted octanol–water partition coefficient (Wildman–Crippen LogP) is 0.713. The first-order valence-electron chi connectivity index (χ1n) is 6.85. The van der Waals surface area contributed by atoms with Gasteiger partial charge in [-0.05, 0) is 31.6 Å². The molecule has 2 aliphatic rings. The average molecular weight is 239 g/mol. The number of carbonyl (C=O) groups excluding carboxylic acids is 1. The molecule has 17 heavy (non-hydrogen) atoms. The average Bonchev–Trinajstić information content (AvgIpc) is 3.08. The molecular weight excluding hydrogens is 214 g/mol. The molecule has 4 nitrogen and oxygen atoms in total. The maximum atomic E-state index is 11.4. The molecule has 2 fully saturated rings. The zero-order valence-electron chi connectivity index (χ0n) is 11.0. The van der Waals surface area contributed by atoms with Crippen LogP contribution in [-0.2, 0) is 4.79 Å². The molecule has 2 aliphatic carbocycles. The van der Waals surface area contributed by atoms with Crippen molar-refractivity contribution in [2.75, 3.05) is 13.1 Å². The van der Waals surface area contributed by atoms with Crippen molar-refractivity contribution in [1.82, 2.24) is 10.2 Å². The van der Waals surface area contributed by atoms with Crippen LogP contribution in [0.25, 0.3) is 0 Å². The summed E-state index contributed by atoms with van der Waals surface area (Å²) in [7, 11) is 0. The van der Waals surface area contributed by atoms with Crippen molar-refractivity contribution in [3.8, 4) is 0 Å². The van der Waals surface area contributed by atoms with Crippen molar-refractivity contribution in [3.05, 3.63) is 0 Å². The second-order valence-electron chi connectivity index (χ2n) is 5.90. The number of hydrogen-bond acceptors (Lipinski definition) is 3. The zero-order chi connectivity index (χ0) is 12.4. The summed E-state index contributed by atoms with van der Waals surface area (Å²) < 4.78 is 0. The molecule has 0 aromatic heterocycles. The Morgan fingerprint density at radius 1 is 1.35 bits per heavy atom. The fourth-order valence-electron chi connectivity index (χ4n) is 2.31. The van der Waals surface area contributed by atoms with Crippen LogP contribution in [0.1, 0.15) is 39.5 Å². The number of nitrogens with one attached hydrogen (secondary N) is 1. The summed E-state index contributed by atoms with van der Waals surface area (Å²) in [6, 6.07) is 0.815. The van der Waals surface area contributed by atoms with E-state index in [2.05, 4.69) is 24.1 Å². The normalized spacial score (nSPS) is 22.1. The molecular formula is C13H25N3O. The van der Waals surface area contributed by atoms with Gasteiger partial charge in [0.15, 0.2) is 0 Å². The number of rotatable bonds is 8. The van der Waals surface area contributed by atoms with E-state index in [0.717, 1.165) is 19.0 Å². The summed E-state index contributed by atoms with van der Waals surface area (Å²) in [5.41, 5.74) is 5.47. The van der Waals surface area contributed by atoms with Crippen LogP contribution in [-0.4, -0.2) is 42.0 Å². The highest BCUT2D eigenvalue weighted by molar-refractivity contribution is 5.80. The van der Waals surface area contributed by atoms with Crippen molar-refractivity contribution in [2.45, 2.75) is 57.7 Å². The van der Waals surface area contributed by atoms with Crippen LogP contribution in [0.4, 0.5) is 0 Å². The van der Waals surface area contributed by atoms with Crippen LogP contribution in [0.15, 0.2) is 0 Å². The number of primary amides is 1. The maximum Gasteiger partial charge on any atom is 0.235 e. The Kier molecular flexibility index (Phi) is 4.05. The number of nitrogens with zero attached hydrogens (tertiary/aromatic N) is 1. The van der Waals surface area contributed by atoms with Gasteiger partial charge >= 0.3 is 0 Å². The number of carbonyl (C=O) groups is 1. The van der Waals surface area contributed by atoms with E-state index in [4.69, 9.17) is 5.73 Å². The highest BCUT2D eigenvalue weighted by Gasteiger charge is 2.35. The second-order valence-corrected chi connectivity index (χ2v) is 5.90. The first kappa shape index (κ1) is 12.8. The molecule has 0 saturated heterocycles. The molecule has 0 bridgehead atoms. The molecule has 0 spiro atoms. The monoisotopic (exact) mass is 239 g/mol. The van der Waals surface area contributed by atoms with E-state index in [1.54, 1.807) is 0 Å². The first-order chi connectivity index (χ1) is 8.06. The van der Waals surface area contributed by atoms with Crippen molar-refractivity contribution in [1.29, 1.82) is 0 Å². The van der Waals surface area contributed by atoms with Crippen LogP contribution in [0.5, 0.6) is 0 Å². The van der Waals surface area contributed by atoms with Gasteiger partial charge in [-0.2, -0.15) is 0 Å². The van der Waals surface area contributed by atoms with Crippen LogP contribution in [0, 0.1) is 5.92 Å². The lowest BCUT2D eigenvalue weighted by atomic mass is 10.2. The summed E-state index contributed by atoms with van der Waals surface area (Å²) >= 11 is 0. The molecule has 4 heteroatoms. The fourth-order valence-corrected chi connectivity index (χ4v) is 2.31. The quantitative estimate of drug-likeness (QED) is 0.656. The van der Waals surface area contributed by atoms with Crippen molar-refractivity contribution in [3.63, 3.8) is 0 Å². The Balaban J connectivity index is 1.85. The summed E-state index contributed by atoms with van der Waals surface area (Å²) in [6.07, 6.45) is 5.31. The lowest BCUT2D eigenvalue weighted by Gasteiger charge is -2.27. The molecule has 0 aromatic rings. The molecule has 1 amide bonds. The van der Waals surface area contributed by atoms with E-state index in [1.165, 1.54) is 25.7 Å². The van der Waals surface area contributed by atoms with Gasteiger partial charge < -0.3 is 11.1 Å². The van der Waals surface area contributed by atoms with Gasteiger partial charge in [0, 0.05) is 25.2 Å². The summed E-state index contributed by atoms with van der Waals surface area (Å²) in [4.78, 5) is 13.9. The highest BCUT2D eigenvalue weighted by atomic mass is 16.1. The van der Waals surface area contributed by atoms with E-state index < -0.39 is 0 Å². The lowest BCUT2D eigenvalue weighted by molar-refractivity contribution is -0.120. The fraction of sp³-hybridized carbons (Fsp3) is 0.923. The van der Waals surface area contributed by atoms with Gasteiger partial charge in [-0.3, -0.25) is 9.69 Å². The van der Waals surface area contributed by atoms with Gasteiger partial charge in [-0.1, -0.05) is 13.8 Å². The molecule has 98 valence electrons. The smallest absolute Gasteiger partial charge is 0.235 e. The van der Waals surface area contributed by atoms with E-state index in [1.807, 2.05) is 0 Å². The van der Waals surface area contributed by atoms with Crippen LogP contribution in [0.2, 0.25) is 0 Å². The molecule has 2 saturated carbocycles. The van der Waals surface area contributed by atoms with Gasteiger partial charge in [-0.15, -0.1) is 0 Å². The third-order valence-corrected chi connectivity index (χ3v) is 3.55. The number of amides is 1. The Hall–Kier alpha value is -0.610. The van der Waals surface area contributed by atoms with Crippen molar-refractivity contribution < 1.29 is 4.79 Å². The molecule has 0 heterocycles. The molecule has 0 aliphatic heterocycles. The zero-order valence-corrected chi connectivity index (χ0v) is 11.0. The van der Waals surface area contributed by atoms with Gasteiger partial charge in [0.1, 0.15) is 0 Å². The third-order valence-electron chi connectivity index (χ3n) is 3.55. The SMILES string of the molecule is CC(C)NC(CN(CC1CC1)C1CC1)C(N)=O. The Morgan fingerprint density at radius 2 is 2.00 bits per heavy atom. The number of nitrogens with two attached hydrogens (primary N) is 1. The topological polar surface area (TPSA) is 58.4 Å². The van der Waals surface area contributed by atoms with Crippen LogP contribution < -0.4 is 11.1 Å². The minimum absolute atomic E-state index is 0.200. The minimum Gasteiger partial charge on any atom is -0.368 e. The van der Waals surface area contributed by atoms with E-state index >= 15 is 0 Å². The van der Waals surface area contributed by atoms with Crippen LogP contribution >= 0.6 is 0 Å². The Bertz CT molecular complexity index is 272. The van der Waals surface area contributed by atoms with Gasteiger partial charge in [0.2, 0.25) is 5.91 Å². The van der Waals surface area contributed by atoms with E-state index in [0.29, 0.717) is 12.1 Å². The molecule has 2 rings (SSSR count). The molecule has 0 radical (unpaired) electrons. The highest BCUT2D eigenvalue weighted by Crippen LogP contribution is 2.34. The standard InChI is InChI=1S/C13H25N3O/c1-9(2)15-12(13(14)17)8-16(11-5-6-11)7-10-3-4-10/h9-12,15H,3-8H2,1-2H3,(H2,14,17). The molecule has 3 N–H and O–H groups in total. The first-order valence-corrected chi connectivity index (χ1v) is 6.85. The lowest BCUT2D eigenvalue weighted by Crippen LogP contribution is -2.52. The molecule has 0 aromatic carbocycles. The predicted molar refractivity (Wildman–Crippen MR) is 68.6 cm³/mol. The van der Waals surface area contributed by atoms with Crippen molar-refractivity contribution >= 4 is 5.91 Å². The van der Waals surface area contributed by atoms with Crippen molar-refractivity contribution in [2.24, 2.45) is 11.7 Å². The van der Waals surface area contributed by atoms with Crippen LogP contribution in [0.3, 0.4) is 0 Å². The summed E-state index contributed by atoms with van der Waals surface area (Å²) in [6.45, 7) is 6.06. The minimum atomic E-state index is -0.222. The summed E-state index contributed by atoms with van der Waals surface area (Å²) in [5, 5.41) is 3.27. The largest absolute Gasteiger partial charge is 0.368 e. The Labute approximate surface area is 104 Å². The van der Waals surface area contributed by atoms with Gasteiger partial charge in [-0.25, -0.2) is 0 Å². The van der Waals surface area contributed by atoms with E-state index in [9.17, 15) is 4.79 Å². The third kappa shape index (κ3) is 4.28. The second kappa shape index (κ2) is 5.36. The number of hydrogen-bond donors (Lipinski definition) is 2. The molecule has 1 atom stereocenters. The molecule has 1 unspecified atom stereocenters. The maximum absolute atomic E-state index is 11.4. The van der Waals surface area contributed by atoms with Gasteiger partial charge in [0.25, 0.3) is 0 Å². The Morgan fingerprint density at radius 3 is 2.41 bits per heavy atom. The summed E-state index contributed by atoms with van der Waals surface area (Å²) in [5.74, 6) is 0.656. The van der Waals surface area contributed by atoms with Gasteiger partial charge in [0.05, 0.1) is 6.04 Å².